The zero-order valence-corrected chi connectivity index (χ0v) is 15.5. The number of hydrogen-bond acceptors (Lipinski definition) is 8. The first kappa shape index (κ1) is 18.8. The molecule has 1 unspecified atom stereocenters. The first-order valence-electron chi connectivity index (χ1n) is 8.93. The Bertz CT molecular complexity index is 646. The van der Waals surface area contributed by atoms with Gasteiger partial charge >= 0.3 is 0 Å². The van der Waals surface area contributed by atoms with Gasteiger partial charge in [0.2, 0.25) is 0 Å². The van der Waals surface area contributed by atoms with E-state index in [9.17, 15) is 5.11 Å². The Morgan fingerprint density at radius 2 is 2.08 bits per heavy atom. The quantitative estimate of drug-likeness (QED) is 0.660. The first-order valence-corrected chi connectivity index (χ1v) is 8.93. The molecule has 0 amide bonds. The van der Waals surface area contributed by atoms with E-state index in [1.807, 2.05) is 19.2 Å². The van der Waals surface area contributed by atoms with Crippen molar-refractivity contribution >= 4 is 11.5 Å². The smallest absolute Gasteiger partial charge is 0.184 e. The molecular formula is C18H28N4O4. The van der Waals surface area contributed by atoms with Crippen molar-refractivity contribution in [2.75, 3.05) is 72.4 Å². The molecule has 8 heteroatoms. The SMILES string of the molecule is COc1c(OCC(O)CN2CCOCC2)ccc(C2=NCCN2C)c1N. The minimum Gasteiger partial charge on any atom is -0.491 e. The highest BCUT2D eigenvalue weighted by Gasteiger charge is 2.22. The summed E-state index contributed by atoms with van der Waals surface area (Å²) in [6, 6.07) is 3.71. The molecule has 1 atom stereocenters. The van der Waals surface area contributed by atoms with Crippen LogP contribution in [0.1, 0.15) is 5.56 Å². The Kier molecular flexibility index (Phi) is 6.18. The zero-order chi connectivity index (χ0) is 18.5. The second-order valence-electron chi connectivity index (χ2n) is 6.56. The van der Waals surface area contributed by atoms with Crippen molar-refractivity contribution in [2.45, 2.75) is 6.10 Å². The van der Waals surface area contributed by atoms with Gasteiger partial charge in [0.05, 0.1) is 32.6 Å². The molecule has 0 radical (unpaired) electrons. The summed E-state index contributed by atoms with van der Waals surface area (Å²) in [6.07, 6.45) is -0.593. The average molecular weight is 364 g/mol. The molecule has 3 N–H and O–H groups in total. The number of β-amino-alcohol motifs (C(OH)–C–C–N with tert-alkyl or cyclic N) is 1. The van der Waals surface area contributed by atoms with Crippen LogP contribution >= 0.6 is 0 Å². The summed E-state index contributed by atoms with van der Waals surface area (Å²) in [5.74, 6) is 1.86. The van der Waals surface area contributed by atoms with Crippen molar-refractivity contribution < 1.29 is 19.3 Å². The highest BCUT2D eigenvalue weighted by Crippen LogP contribution is 2.37. The molecule has 3 rings (SSSR count). The zero-order valence-electron chi connectivity index (χ0n) is 15.5. The van der Waals surface area contributed by atoms with Crippen LogP contribution in [0.15, 0.2) is 17.1 Å². The molecule has 1 saturated heterocycles. The van der Waals surface area contributed by atoms with Gasteiger partial charge in [0.1, 0.15) is 18.5 Å². The van der Waals surface area contributed by atoms with Gasteiger partial charge in [-0.15, -0.1) is 0 Å². The van der Waals surface area contributed by atoms with Crippen LogP contribution < -0.4 is 15.2 Å². The van der Waals surface area contributed by atoms with Crippen LogP contribution in [-0.4, -0.2) is 93.5 Å². The molecule has 1 fully saturated rings. The summed E-state index contributed by atoms with van der Waals surface area (Å²) < 4.78 is 16.6. The average Bonchev–Trinajstić information content (AvgIpc) is 3.06. The lowest BCUT2D eigenvalue weighted by atomic mass is 10.1. The molecular weight excluding hydrogens is 336 g/mol. The molecule has 144 valence electrons. The lowest BCUT2D eigenvalue weighted by molar-refractivity contribution is 0.00446. The standard InChI is InChI=1S/C18H28N4O4/c1-21-6-5-20-18(21)14-3-4-15(17(24-2)16(14)19)26-12-13(23)11-22-7-9-25-10-8-22/h3-4,13,23H,5-12,19H2,1-2H3. The van der Waals surface area contributed by atoms with E-state index >= 15 is 0 Å². The number of amidine groups is 1. The fourth-order valence-corrected chi connectivity index (χ4v) is 3.24. The number of methoxy groups -OCH3 is 1. The van der Waals surface area contributed by atoms with Crippen LogP contribution in [0.2, 0.25) is 0 Å². The Morgan fingerprint density at radius 1 is 1.31 bits per heavy atom. The second-order valence-corrected chi connectivity index (χ2v) is 6.56. The van der Waals surface area contributed by atoms with E-state index in [-0.39, 0.29) is 6.61 Å². The molecule has 0 saturated carbocycles. The van der Waals surface area contributed by atoms with Crippen LogP contribution in [0.25, 0.3) is 0 Å². The van der Waals surface area contributed by atoms with E-state index in [4.69, 9.17) is 19.9 Å². The highest BCUT2D eigenvalue weighted by atomic mass is 16.5. The fraction of sp³-hybridized carbons (Fsp3) is 0.611. The number of benzene rings is 1. The fourth-order valence-electron chi connectivity index (χ4n) is 3.24. The van der Waals surface area contributed by atoms with E-state index < -0.39 is 6.10 Å². The summed E-state index contributed by atoms with van der Waals surface area (Å²) in [7, 11) is 3.55. The number of nitrogen functional groups attached to an aromatic ring is 1. The molecule has 8 nitrogen and oxygen atoms in total. The third-order valence-corrected chi connectivity index (χ3v) is 4.67. The van der Waals surface area contributed by atoms with E-state index in [1.165, 1.54) is 0 Å². The Morgan fingerprint density at radius 3 is 2.73 bits per heavy atom. The molecule has 0 bridgehead atoms. The maximum absolute atomic E-state index is 10.3. The number of aliphatic hydroxyl groups is 1. The minimum absolute atomic E-state index is 0.174. The van der Waals surface area contributed by atoms with Crippen molar-refractivity contribution in [3.8, 4) is 11.5 Å². The number of hydrogen-bond donors (Lipinski definition) is 2. The Labute approximate surface area is 154 Å². The van der Waals surface area contributed by atoms with Gasteiger partial charge in [-0.05, 0) is 12.1 Å². The number of morpholine rings is 1. The lowest BCUT2D eigenvalue weighted by Crippen LogP contribution is -2.42. The van der Waals surface area contributed by atoms with E-state index in [2.05, 4.69) is 14.8 Å². The van der Waals surface area contributed by atoms with E-state index in [1.54, 1.807) is 7.11 Å². The van der Waals surface area contributed by atoms with Crippen LogP contribution in [0.3, 0.4) is 0 Å². The molecule has 1 aromatic rings. The largest absolute Gasteiger partial charge is 0.491 e. The van der Waals surface area contributed by atoms with Gasteiger partial charge in [-0.25, -0.2) is 0 Å². The predicted octanol–water partition coefficient (Wildman–Crippen LogP) is 0.0413. The number of nitrogens with zero attached hydrogens (tertiary/aromatic N) is 3. The van der Waals surface area contributed by atoms with Gasteiger partial charge in [-0.1, -0.05) is 0 Å². The normalized spacial score (nSPS) is 19.3. The number of nitrogens with two attached hydrogens (primary N) is 1. The van der Waals surface area contributed by atoms with Crippen LogP contribution in [0, 0.1) is 0 Å². The number of aliphatic imine (C=N–C) groups is 1. The number of ether oxygens (including phenoxy) is 3. The molecule has 2 aliphatic rings. The summed E-state index contributed by atoms with van der Waals surface area (Å²) in [5, 5.41) is 10.3. The van der Waals surface area contributed by atoms with Crippen LogP contribution in [-0.2, 0) is 4.74 Å². The molecule has 26 heavy (non-hydrogen) atoms. The maximum atomic E-state index is 10.3. The van der Waals surface area contributed by atoms with Crippen LogP contribution in [0.4, 0.5) is 5.69 Å². The third-order valence-electron chi connectivity index (χ3n) is 4.67. The van der Waals surface area contributed by atoms with E-state index in [0.29, 0.717) is 36.9 Å². The predicted molar refractivity (Wildman–Crippen MR) is 100 cm³/mol. The number of aliphatic hydroxyl groups excluding tert-OH is 1. The summed E-state index contributed by atoms with van der Waals surface area (Å²) in [6.45, 7) is 5.45. The van der Waals surface area contributed by atoms with Gasteiger partial charge in [-0.3, -0.25) is 9.89 Å². The molecule has 0 spiro atoms. The number of likely N-dealkylation sites (N-methyl/N-ethyl adjacent to an activating group) is 1. The first-order chi connectivity index (χ1) is 12.6. The van der Waals surface area contributed by atoms with Crippen molar-refractivity contribution in [1.29, 1.82) is 0 Å². The summed E-state index contributed by atoms with van der Waals surface area (Å²) in [4.78, 5) is 8.74. The highest BCUT2D eigenvalue weighted by molar-refractivity contribution is 6.05. The number of anilines is 1. The van der Waals surface area contributed by atoms with Crippen molar-refractivity contribution in [1.82, 2.24) is 9.80 Å². The van der Waals surface area contributed by atoms with Gasteiger partial charge in [0, 0.05) is 38.8 Å². The van der Waals surface area contributed by atoms with Crippen molar-refractivity contribution in [3.05, 3.63) is 17.7 Å². The molecule has 0 aromatic heterocycles. The maximum Gasteiger partial charge on any atom is 0.184 e. The molecule has 0 aliphatic carbocycles. The van der Waals surface area contributed by atoms with Gasteiger partial charge in [-0.2, -0.15) is 0 Å². The Hall–Kier alpha value is -2.03. The van der Waals surface area contributed by atoms with E-state index in [0.717, 1.165) is 37.6 Å². The van der Waals surface area contributed by atoms with Gasteiger partial charge in [0.15, 0.2) is 11.5 Å². The summed E-state index contributed by atoms with van der Waals surface area (Å²) >= 11 is 0. The molecule has 2 heterocycles. The summed E-state index contributed by atoms with van der Waals surface area (Å²) in [5.41, 5.74) is 7.63. The number of rotatable bonds is 7. The monoisotopic (exact) mass is 364 g/mol. The lowest BCUT2D eigenvalue weighted by Gasteiger charge is -2.28. The molecule has 2 aliphatic heterocycles. The third kappa shape index (κ3) is 4.20. The topological polar surface area (TPSA) is 92.8 Å². The minimum atomic E-state index is -0.593. The van der Waals surface area contributed by atoms with Gasteiger partial charge < -0.3 is 30.0 Å². The Balaban J connectivity index is 1.65. The van der Waals surface area contributed by atoms with Crippen molar-refractivity contribution in [3.63, 3.8) is 0 Å². The van der Waals surface area contributed by atoms with Crippen LogP contribution in [0.5, 0.6) is 11.5 Å². The second kappa shape index (κ2) is 8.57. The van der Waals surface area contributed by atoms with Crippen molar-refractivity contribution in [2.24, 2.45) is 4.99 Å². The van der Waals surface area contributed by atoms with Gasteiger partial charge in [0.25, 0.3) is 0 Å². The molecule has 1 aromatic carbocycles.